The van der Waals surface area contributed by atoms with Crippen molar-refractivity contribution in [2.75, 3.05) is 11.1 Å². The van der Waals surface area contributed by atoms with Crippen molar-refractivity contribution in [3.8, 4) is 5.75 Å². The second-order valence-electron chi connectivity index (χ2n) is 3.97. The number of carbonyl (C=O) groups excluding carboxylic acids is 1. The highest BCUT2D eigenvalue weighted by molar-refractivity contribution is 6.03. The van der Waals surface area contributed by atoms with E-state index in [9.17, 15) is 14.7 Å². The molecule has 1 heterocycles. The van der Waals surface area contributed by atoms with Gasteiger partial charge in [0.1, 0.15) is 17.0 Å². The van der Waals surface area contributed by atoms with Gasteiger partial charge in [-0.05, 0) is 24.3 Å². The zero-order chi connectivity index (χ0) is 14.7. The Morgan fingerprint density at radius 2 is 1.95 bits per heavy atom. The zero-order valence-electron chi connectivity index (χ0n) is 10.2. The molecule has 0 bridgehead atoms. The van der Waals surface area contributed by atoms with Gasteiger partial charge in [0, 0.05) is 11.8 Å². The number of aromatic hydroxyl groups is 1. The summed E-state index contributed by atoms with van der Waals surface area (Å²) in [6, 6.07) is 6.71. The van der Waals surface area contributed by atoms with Crippen molar-refractivity contribution in [1.29, 1.82) is 0 Å². The second kappa shape index (κ2) is 5.27. The van der Waals surface area contributed by atoms with Gasteiger partial charge in [0.25, 0.3) is 5.91 Å². The van der Waals surface area contributed by atoms with Crippen LogP contribution >= 0.6 is 0 Å². The zero-order valence-corrected chi connectivity index (χ0v) is 10.2. The lowest BCUT2D eigenvalue weighted by molar-refractivity contribution is 0.0693. The summed E-state index contributed by atoms with van der Waals surface area (Å²) in [5, 5.41) is 20.8. The summed E-state index contributed by atoms with van der Waals surface area (Å²) in [5.41, 5.74) is 6.07. The first-order valence-electron chi connectivity index (χ1n) is 5.56. The van der Waals surface area contributed by atoms with Crippen LogP contribution in [0.25, 0.3) is 0 Å². The number of aromatic nitrogens is 1. The number of amides is 1. The molecule has 1 amide bonds. The smallest absolute Gasteiger partial charge is 0.339 e. The number of carboxylic acids is 1. The first kappa shape index (κ1) is 13.3. The molecule has 0 aliphatic rings. The van der Waals surface area contributed by atoms with Gasteiger partial charge in [-0.25, -0.2) is 9.78 Å². The average molecular weight is 273 g/mol. The summed E-state index contributed by atoms with van der Waals surface area (Å²) >= 11 is 0. The van der Waals surface area contributed by atoms with E-state index in [1.54, 1.807) is 0 Å². The molecule has 7 nitrogen and oxygen atoms in total. The third kappa shape index (κ3) is 2.83. The van der Waals surface area contributed by atoms with Gasteiger partial charge < -0.3 is 21.3 Å². The van der Waals surface area contributed by atoms with Crippen LogP contribution in [0, 0.1) is 0 Å². The van der Waals surface area contributed by atoms with Crippen molar-refractivity contribution in [2.24, 2.45) is 0 Å². The summed E-state index contributed by atoms with van der Waals surface area (Å²) in [5.74, 6) is -2.17. The van der Waals surface area contributed by atoms with Gasteiger partial charge in [0.05, 0.1) is 11.9 Å². The molecule has 7 heteroatoms. The van der Waals surface area contributed by atoms with Crippen molar-refractivity contribution in [2.45, 2.75) is 0 Å². The second-order valence-corrected chi connectivity index (χ2v) is 3.97. The minimum absolute atomic E-state index is 0.154. The monoisotopic (exact) mass is 273 g/mol. The Hall–Kier alpha value is -3.09. The van der Waals surface area contributed by atoms with Gasteiger partial charge in [-0.2, -0.15) is 0 Å². The molecule has 1 aromatic carbocycles. The van der Waals surface area contributed by atoms with Crippen molar-refractivity contribution in [1.82, 2.24) is 4.98 Å². The standard InChI is InChI=1S/C13H11N3O4/c14-7-1-4-10(15-6-7)12(18)16-8-2-3-9(13(19)20)11(17)5-8/h1-6,17H,14H2,(H,16,18)(H,19,20). The summed E-state index contributed by atoms with van der Waals surface area (Å²) < 4.78 is 0. The molecular formula is C13H11N3O4. The fraction of sp³-hybridized carbons (Fsp3) is 0. The lowest BCUT2D eigenvalue weighted by atomic mass is 10.2. The number of nitrogens with one attached hydrogen (secondary N) is 1. The predicted octanol–water partition coefficient (Wildman–Crippen LogP) is 1.32. The Bertz CT molecular complexity index is 668. The molecule has 20 heavy (non-hydrogen) atoms. The number of carboxylic acid groups (broad SMARTS) is 1. The normalized spacial score (nSPS) is 10.0. The molecule has 0 saturated heterocycles. The third-order valence-electron chi connectivity index (χ3n) is 2.51. The number of nitrogen functional groups attached to an aromatic ring is 1. The van der Waals surface area contributed by atoms with E-state index >= 15 is 0 Å². The molecule has 1 aromatic heterocycles. The van der Waals surface area contributed by atoms with Crippen LogP contribution in [0.1, 0.15) is 20.8 Å². The Labute approximate surface area is 113 Å². The van der Waals surface area contributed by atoms with Crippen LogP contribution in [0.2, 0.25) is 0 Å². The maximum atomic E-state index is 11.8. The van der Waals surface area contributed by atoms with E-state index in [1.165, 1.54) is 30.5 Å². The molecular weight excluding hydrogens is 262 g/mol. The molecule has 102 valence electrons. The SMILES string of the molecule is Nc1ccc(C(=O)Nc2ccc(C(=O)O)c(O)c2)nc1. The van der Waals surface area contributed by atoms with E-state index in [2.05, 4.69) is 10.3 Å². The Morgan fingerprint density at radius 1 is 1.20 bits per heavy atom. The number of nitrogens with two attached hydrogens (primary N) is 1. The van der Waals surface area contributed by atoms with E-state index in [1.807, 2.05) is 0 Å². The van der Waals surface area contributed by atoms with E-state index in [0.717, 1.165) is 6.07 Å². The Kier molecular flexibility index (Phi) is 3.52. The van der Waals surface area contributed by atoms with Gasteiger partial charge in [-0.3, -0.25) is 4.79 Å². The predicted molar refractivity (Wildman–Crippen MR) is 71.7 cm³/mol. The largest absolute Gasteiger partial charge is 0.507 e. The van der Waals surface area contributed by atoms with Gasteiger partial charge in [0.2, 0.25) is 0 Å². The highest BCUT2D eigenvalue weighted by atomic mass is 16.4. The molecule has 0 spiro atoms. The van der Waals surface area contributed by atoms with Crippen LogP contribution < -0.4 is 11.1 Å². The number of anilines is 2. The lowest BCUT2D eigenvalue weighted by Gasteiger charge is -2.06. The number of rotatable bonds is 3. The summed E-state index contributed by atoms with van der Waals surface area (Å²) in [6.45, 7) is 0. The van der Waals surface area contributed by atoms with Crippen LogP contribution in [0.15, 0.2) is 36.5 Å². The van der Waals surface area contributed by atoms with Crippen LogP contribution in [0.5, 0.6) is 5.75 Å². The van der Waals surface area contributed by atoms with Crippen molar-refractivity contribution in [3.05, 3.63) is 47.8 Å². The number of hydrogen-bond acceptors (Lipinski definition) is 5. The third-order valence-corrected chi connectivity index (χ3v) is 2.51. The number of hydrogen-bond donors (Lipinski definition) is 4. The number of pyridine rings is 1. The summed E-state index contributed by atoms with van der Waals surface area (Å²) in [7, 11) is 0. The number of phenols is 1. The van der Waals surface area contributed by atoms with Gasteiger partial charge in [0.15, 0.2) is 0 Å². The van der Waals surface area contributed by atoms with Gasteiger partial charge >= 0.3 is 5.97 Å². The molecule has 5 N–H and O–H groups in total. The minimum Gasteiger partial charge on any atom is -0.507 e. The van der Waals surface area contributed by atoms with Crippen LogP contribution in [-0.4, -0.2) is 27.1 Å². The molecule has 0 saturated carbocycles. The van der Waals surface area contributed by atoms with Crippen LogP contribution in [0.4, 0.5) is 11.4 Å². The minimum atomic E-state index is -1.25. The number of carbonyl (C=O) groups is 2. The number of aromatic carboxylic acids is 1. The van der Waals surface area contributed by atoms with Crippen LogP contribution in [0.3, 0.4) is 0 Å². The highest BCUT2D eigenvalue weighted by Crippen LogP contribution is 2.22. The fourth-order valence-corrected chi connectivity index (χ4v) is 1.52. The van der Waals surface area contributed by atoms with E-state index in [0.29, 0.717) is 5.69 Å². The van der Waals surface area contributed by atoms with Crippen molar-refractivity contribution >= 4 is 23.3 Å². The molecule has 0 radical (unpaired) electrons. The fourth-order valence-electron chi connectivity index (χ4n) is 1.52. The quantitative estimate of drug-likeness (QED) is 0.668. The number of nitrogens with zero attached hydrogens (tertiary/aromatic N) is 1. The molecule has 0 aliphatic heterocycles. The molecule has 0 unspecified atom stereocenters. The Balaban J connectivity index is 2.18. The van der Waals surface area contributed by atoms with Gasteiger partial charge in [-0.15, -0.1) is 0 Å². The maximum absolute atomic E-state index is 11.8. The first-order chi connectivity index (χ1) is 9.47. The van der Waals surface area contributed by atoms with Crippen molar-refractivity contribution < 1.29 is 19.8 Å². The lowest BCUT2D eigenvalue weighted by Crippen LogP contribution is -2.13. The molecule has 0 aliphatic carbocycles. The maximum Gasteiger partial charge on any atom is 0.339 e. The Morgan fingerprint density at radius 3 is 2.50 bits per heavy atom. The first-order valence-corrected chi connectivity index (χ1v) is 5.56. The van der Waals surface area contributed by atoms with E-state index < -0.39 is 17.6 Å². The van der Waals surface area contributed by atoms with Crippen LogP contribution in [-0.2, 0) is 0 Å². The van der Waals surface area contributed by atoms with E-state index in [4.69, 9.17) is 10.8 Å². The summed E-state index contributed by atoms with van der Waals surface area (Å²) in [6.07, 6.45) is 1.35. The molecule has 0 fully saturated rings. The number of benzene rings is 1. The highest BCUT2D eigenvalue weighted by Gasteiger charge is 2.12. The van der Waals surface area contributed by atoms with Crippen molar-refractivity contribution in [3.63, 3.8) is 0 Å². The van der Waals surface area contributed by atoms with E-state index in [-0.39, 0.29) is 16.9 Å². The molecule has 0 atom stereocenters. The summed E-state index contributed by atoms with van der Waals surface area (Å²) in [4.78, 5) is 26.4. The average Bonchev–Trinajstić information content (AvgIpc) is 2.39. The topological polar surface area (TPSA) is 126 Å². The molecule has 2 rings (SSSR count). The van der Waals surface area contributed by atoms with Gasteiger partial charge in [-0.1, -0.05) is 0 Å². The molecule has 2 aromatic rings.